The van der Waals surface area contributed by atoms with Crippen LogP contribution in [0.25, 0.3) is 16.5 Å². The van der Waals surface area contributed by atoms with Crippen molar-refractivity contribution in [3.63, 3.8) is 0 Å². The Hall–Kier alpha value is -2.56. The second-order valence-corrected chi connectivity index (χ2v) is 3.51. The lowest BCUT2D eigenvalue weighted by molar-refractivity contribution is -0.130. The van der Waals surface area contributed by atoms with E-state index in [4.69, 9.17) is 5.11 Å². The first-order valence-electron chi connectivity index (χ1n) is 4.79. The lowest BCUT2D eigenvalue weighted by Crippen LogP contribution is -2.15. The highest BCUT2D eigenvalue weighted by Crippen LogP contribution is 2.28. The van der Waals surface area contributed by atoms with Crippen molar-refractivity contribution in [3.8, 4) is 5.75 Å². The molecule has 0 fully saturated rings. The van der Waals surface area contributed by atoms with Gasteiger partial charge < -0.3 is 15.2 Å². The molecule has 0 bridgehead atoms. The summed E-state index contributed by atoms with van der Waals surface area (Å²) in [5.41, 5.74) is -0.976. The second-order valence-electron chi connectivity index (χ2n) is 3.51. The van der Waals surface area contributed by atoms with Crippen LogP contribution in [0, 0.1) is 0 Å². The van der Waals surface area contributed by atoms with Crippen molar-refractivity contribution >= 4 is 22.4 Å². The smallest absolute Gasteiger partial charge is 0.336 e. The van der Waals surface area contributed by atoms with Gasteiger partial charge in [0, 0.05) is 5.39 Å². The van der Waals surface area contributed by atoms with Crippen molar-refractivity contribution in [1.82, 2.24) is 4.98 Å². The summed E-state index contributed by atoms with van der Waals surface area (Å²) in [4.78, 5) is 24.9. The van der Waals surface area contributed by atoms with Gasteiger partial charge in [-0.3, -0.25) is 4.79 Å². The number of pyridine rings is 1. The van der Waals surface area contributed by atoms with E-state index >= 15 is 0 Å². The van der Waals surface area contributed by atoms with Crippen molar-refractivity contribution in [1.29, 1.82) is 0 Å². The lowest BCUT2D eigenvalue weighted by Gasteiger charge is -2.06. The maximum Gasteiger partial charge on any atom is 0.336 e. The number of carboxylic acids is 1. The number of carbonyl (C=O) groups is 1. The minimum Gasteiger partial charge on any atom is -0.506 e. The molecule has 0 saturated carbocycles. The monoisotopic (exact) mass is 231 g/mol. The molecule has 0 radical (unpaired) electrons. The van der Waals surface area contributed by atoms with Crippen LogP contribution in [0.3, 0.4) is 0 Å². The van der Waals surface area contributed by atoms with Crippen LogP contribution in [-0.4, -0.2) is 21.2 Å². The third-order valence-electron chi connectivity index (χ3n) is 2.45. The van der Waals surface area contributed by atoms with E-state index in [1.165, 1.54) is 0 Å². The van der Waals surface area contributed by atoms with Crippen molar-refractivity contribution in [2.24, 2.45) is 0 Å². The zero-order valence-electron chi connectivity index (χ0n) is 8.73. The van der Waals surface area contributed by atoms with E-state index < -0.39 is 17.1 Å². The molecular weight excluding hydrogens is 222 g/mol. The van der Waals surface area contributed by atoms with Crippen molar-refractivity contribution in [2.45, 2.75) is 0 Å². The van der Waals surface area contributed by atoms with Crippen molar-refractivity contribution in [3.05, 3.63) is 46.8 Å². The predicted molar refractivity (Wildman–Crippen MR) is 62.9 cm³/mol. The van der Waals surface area contributed by atoms with Crippen molar-refractivity contribution < 1.29 is 15.0 Å². The molecule has 1 aromatic heterocycles. The zero-order valence-corrected chi connectivity index (χ0v) is 8.73. The summed E-state index contributed by atoms with van der Waals surface area (Å²) in [6.07, 6.45) is 0. The quantitative estimate of drug-likeness (QED) is 0.680. The molecule has 0 atom stereocenters. The van der Waals surface area contributed by atoms with Gasteiger partial charge in [0.15, 0.2) is 0 Å². The molecule has 0 aliphatic rings. The van der Waals surface area contributed by atoms with Gasteiger partial charge in [-0.15, -0.1) is 0 Å². The average molecular weight is 231 g/mol. The third-order valence-corrected chi connectivity index (χ3v) is 2.45. The fourth-order valence-electron chi connectivity index (χ4n) is 1.61. The number of aromatic hydroxyl groups is 1. The van der Waals surface area contributed by atoms with Gasteiger partial charge in [-0.05, 0) is 12.1 Å². The summed E-state index contributed by atoms with van der Waals surface area (Å²) >= 11 is 0. The maximum atomic E-state index is 11.7. The summed E-state index contributed by atoms with van der Waals surface area (Å²) in [5.74, 6) is -1.71. The number of hydrogen-bond donors (Lipinski definition) is 3. The first kappa shape index (κ1) is 10.9. The highest BCUT2D eigenvalue weighted by molar-refractivity contribution is 6.16. The van der Waals surface area contributed by atoms with Crippen LogP contribution in [0.5, 0.6) is 5.75 Å². The number of benzene rings is 1. The Labute approximate surface area is 95.6 Å². The number of carboxylic acid groups (broad SMARTS) is 1. The Morgan fingerprint density at radius 3 is 2.59 bits per heavy atom. The third kappa shape index (κ3) is 1.67. The van der Waals surface area contributed by atoms with Crippen LogP contribution >= 0.6 is 0 Å². The van der Waals surface area contributed by atoms with Crippen LogP contribution in [0.4, 0.5) is 0 Å². The normalized spacial score (nSPS) is 10.4. The SMILES string of the molecule is C=C(C(=O)O)c1c(O)c2ccccc2[nH]c1=O. The lowest BCUT2D eigenvalue weighted by atomic mass is 10.1. The van der Waals surface area contributed by atoms with E-state index in [0.717, 1.165) is 0 Å². The molecule has 2 rings (SSSR count). The van der Waals surface area contributed by atoms with Crippen LogP contribution < -0.4 is 5.56 Å². The highest BCUT2D eigenvalue weighted by atomic mass is 16.4. The first-order valence-corrected chi connectivity index (χ1v) is 4.79. The maximum absolute atomic E-state index is 11.7. The van der Waals surface area contributed by atoms with Gasteiger partial charge in [0.2, 0.25) is 0 Å². The molecule has 5 heteroatoms. The molecular formula is C12H9NO4. The Morgan fingerprint density at radius 1 is 1.29 bits per heavy atom. The molecule has 17 heavy (non-hydrogen) atoms. The molecule has 0 aliphatic heterocycles. The summed E-state index contributed by atoms with van der Waals surface area (Å²) in [7, 11) is 0. The summed E-state index contributed by atoms with van der Waals surface area (Å²) in [6, 6.07) is 6.57. The van der Waals surface area contributed by atoms with E-state index in [0.29, 0.717) is 10.9 Å². The first-order chi connectivity index (χ1) is 8.02. The largest absolute Gasteiger partial charge is 0.506 e. The molecule has 0 spiro atoms. The second kappa shape index (κ2) is 3.79. The Balaban J connectivity index is 2.86. The summed E-state index contributed by atoms with van der Waals surface area (Å²) in [5, 5.41) is 19.1. The van der Waals surface area contributed by atoms with Crippen LogP contribution in [0.2, 0.25) is 0 Å². The number of aromatic amines is 1. The minimum absolute atomic E-state index is 0.309. The fourth-order valence-corrected chi connectivity index (χ4v) is 1.61. The van der Waals surface area contributed by atoms with Crippen molar-refractivity contribution in [2.75, 3.05) is 0 Å². The molecule has 0 saturated heterocycles. The number of rotatable bonds is 2. The molecule has 0 unspecified atom stereocenters. The number of H-pyrrole nitrogens is 1. The van der Waals surface area contributed by atoms with E-state index in [2.05, 4.69) is 11.6 Å². The van der Waals surface area contributed by atoms with E-state index in [-0.39, 0.29) is 11.3 Å². The van der Waals surface area contributed by atoms with E-state index in [1.54, 1.807) is 24.3 Å². The standard InChI is InChI=1S/C12H9NO4/c1-6(12(16)17)9-10(14)7-4-2-3-5-8(7)13-11(9)15/h2-5H,1H2,(H,16,17)(H2,13,14,15). The van der Waals surface area contributed by atoms with Gasteiger partial charge in [-0.1, -0.05) is 18.7 Å². The Kier molecular flexibility index (Phi) is 2.44. The van der Waals surface area contributed by atoms with E-state index in [1.807, 2.05) is 0 Å². The Bertz CT molecular complexity index is 684. The predicted octanol–water partition coefficient (Wildman–Crippen LogP) is 1.33. The topological polar surface area (TPSA) is 90.4 Å². The van der Waals surface area contributed by atoms with Crippen LogP contribution in [0.15, 0.2) is 35.6 Å². The van der Waals surface area contributed by atoms with Gasteiger partial charge in [-0.25, -0.2) is 4.79 Å². The average Bonchev–Trinajstić information content (AvgIpc) is 2.28. The number of hydrogen-bond acceptors (Lipinski definition) is 3. The van der Waals surface area contributed by atoms with E-state index in [9.17, 15) is 14.7 Å². The molecule has 1 heterocycles. The number of aromatic nitrogens is 1. The van der Waals surface area contributed by atoms with Gasteiger partial charge in [0.1, 0.15) is 5.75 Å². The summed E-state index contributed by atoms with van der Waals surface area (Å²) in [6.45, 7) is 3.27. The fraction of sp³-hybridized carbons (Fsp3) is 0. The molecule has 2 aromatic rings. The zero-order chi connectivity index (χ0) is 12.6. The number of nitrogens with one attached hydrogen (secondary N) is 1. The molecule has 86 valence electrons. The van der Waals surface area contributed by atoms with Crippen LogP contribution in [-0.2, 0) is 4.79 Å². The van der Waals surface area contributed by atoms with Gasteiger partial charge in [0.25, 0.3) is 5.56 Å². The molecule has 3 N–H and O–H groups in total. The molecule has 0 aliphatic carbocycles. The van der Waals surface area contributed by atoms with Gasteiger partial charge >= 0.3 is 5.97 Å². The molecule has 0 amide bonds. The summed E-state index contributed by atoms with van der Waals surface area (Å²) < 4.78 is 0. The Morgan fingerprint density at radius 2 is 1.94 bits per heavy atom. The minimum atomic E-state index is -1.35. The molecule has 5 nitrogen and oxygen atoms in total. The highest BCUT2D eigenvalue weighted by Gasteiger charge is 2.18. The van der Waals surface area contributed by atoms with Gasteiger partial charge in [-0.2, -0.15) is 0 Å². The number of para-hydroxylation sites is 1. The van der Waals surface area contributed by atoms with Crippen LogP contribution in [0.1, 0.15) is 5.56 Å². The number of aliphatic carboxylic acids is 1. The molecule has 1 aromatic carbocycles. The number of fused-ring (bicyclic) bond motifs is 1. The van der Waals surface area contributed by atoms with Gasteiger partial charge in [0.05, 0.1) is 16.7 Å².